The lowest BCUT2D eigenvalue weighted by Crippen LogP contribution is -2.24. The van der Waals surface area contributed by atoms with E-state index in [9.17, 15) is 4.79 Å². The van der Waals surface area contributed by atoms with Crippen LogP contribution >= 0.6 is 11.3 Å². The predicted octanol–water partition coefficient (Wildman–Crippen LogP) is 4.68. The Labute approximate surface area is 155 Å². The molecular weight excluding hydrogens is 346 g/mol. The third kappa shape index (κ3) is 3.75. The van der Waals surface area contributed by atoms with Gasteiger partial charge in [0, 0.05) is 11.6 Å². The summed E-state index contributed by atoms with van der Waals surface area (Å²) in [6.07, 6.45) is 7.38. The summed E-state index contributed by atoms with van der Waals surface area (Å²) in [4.78, 5) is 18.0. The SMILES string of the molecule is O=C(Nc1ccccc1Cc1nc(-c2cccs2)no1)C1CC=CCC1. The first-order valence-corrected chi connectivity index (χ1v) is 9.58. The highest BCUT2D eigenvalue weighted by Gasteiger charge is 2.20. The number of aromatic nitrogens is 2. The van der Waals surface area contributed by atoms with Crippen molar-refractivity contribution in [3.05, 3.63) is 65.4 Å². The maximum atomic E-state index is 12.5. The van der Waals surface area contributed by atoms with Gasteiger partial charge >= 0.3 is 0 Å². The highest BCUT2D eigenvalue weighted by atomic mass is 32.1. The molecule has 2 heterocycles. The molecule has 0 saturated heterocycles. The molecule has 0 radical (unpaired) electrons. The van der Waals surface area contributed by atoms with Gasteiger partial charge in [0.15, 0.2) is 0 Å². The molecule has 1 amide bonds. The summed E-state index contributed by atoms with van der Waals surface area (Å²) in [5.74, 6) is 1.26. The number of rotatable bonds is 5. The van der Waals surface area contributed by atoms with E-state index in [1.165, 1.54) is 0 Å². The third-order valence-electron chi connectivity index (χ3n) is 4.47. The Bertz CT molecular complexity index is 915. The number of allylic oxidation sites excluding steroid dienone is 2. The van der Waals surface area contributed by atoms with Crippen molar-refractivity contribution in [3.63, 3.8) is 0 Å². The van der Waals surface area contributed by atoms with E-state index in [0.717, 1.165) is 35.4 Å². The van der Waals surface area contributed by atoms with E-state index in [4.69, 9.17) is 4.52 Å². The molecule has 3 aromatic rings. The molecule has 1 aliphatic rings. The van der Waals surface area contributed by atoms with Crippen molar-refractivity contribution in [2.45, 2.75) is 25.7 Å². The van der Waals surface area contributed by atoms with E-state index >= 15 is 0 Å². The van der Waals surface area contributed by atoms with Crippen molar-refractivity contribution in [2.75, 3.05) is 5.32 Å². The number of hydrogen-bond acceptors (Lipinski definition) is 5. The van der Waals surface area contributed by atoms with Gasteiger partial charge in [0.2, 0.25) is 17.6 Å². The molecule has 0 spiro atoms. The van der Waals surface area contributed by atoms with Crippen LogP contribution in [0.5, 0.6) is 0 Å². The van der Waals surface area contributed by atoms with Crippen LogP contribution in [0, 0.1) is 5.92 Å². The van der Waals surface area contributed by atoms with Crippen molar-refractivity contribution in [2.24, 2.45) is 5.92 Å². The van der Waals surface area contributed by atoms with E-state index in [1.54, 1.807) is 11.3 Å². The largest absolute Gasteiger partial charge is 0.339 e. The van der Waals surface area contributed by atoms with E-state index in [1.807, 2.05) is 41.8 Å². The van der Waals surface area contributed by atoms with Crippen molar-refractivity contribution in [3.8, 4) is 10.7 Å². The van der Waals surface area contributed by atoms with Crippen LogP contribution in [0.1, 0.15) is 30.7 Å². The van der Waals surface area contributed by atoms with Crippen molar-refractivity contribution >= 4 is 22.9 Å². The monoisotopic (exact) mass is 365 g/mol. The number of thiophene rings is 1. The van der Waals surface area contributed by atoms with Crippen LogP contribution in [-0.4, -0.2) is 16.0 Å². The summed E-state index contributed by atoms with van der Waals surface area (Å²) in [7, 11) is 0. The van der Waals surface area contributed by atoms with E-state index < -0.39 is 0 Å². The zero-order valence-electron chi connectivity index (χ0n) is 14.2. The van der Waals surface area contributed by atoms with Gasteiger partial charge in [-0.1, -0.05) is 41.6 Å². The number of hydrogen-bond donors (Lipinski definition) is 1. The average molecular weight is 365 g/mol. The van der Waals surface area contributed by atoms with Crippen LogP contribution < -0.4 is 5.32 Å². The lowest BCUT2D eigenvalue weighted by molar-refractivity contribution is -0.120. The van der Waals surface area contributed by atoms with Gasteiger partial charge in [0.1, 0.15) is 0 Å². The summed E-state index contributed by atoms with van der Waals surface area (Å²) in [5.41, 5.74) is 1.77. The first-order chi connectivity index (χ1) is 12.8. The molecule has 0 aliphatic heterocycles. The molecule has 1 unspecified atom stereocenters. The summed E-state index contributed by atoms with van der Waals surface area (Å²) in [6, 6.07) is 11.7. The fraction of sp³-hybridized carbons (Fsp3) is 0.250. The number of nitrogens with zero attached hydrogens (tertiary/aromatic N) is 2. The quantitative estimate of drug-likeness (QED) is 0.666. The van der Waals surface area contributed by atoms with Crippen LogP contribution in [0.4, 0.5) is 5.69 Å². The Morgan fingerprint density at radius 2 is 2.15 bits per heavy atom. The highest BCUT2D eigenvalue weighted by molar-refractivity contribution is 7.13. The minimum absolute atomic E-state index is 0.0434. The summed E-state index contributed by atoms with van der Waals surface area (Å²) in [6.45, 7) is 0. The maximum Gasteiger partial charge on any atom is 0.231 e. The van der Waals surface area contributed by atoms with Gasteiger partial charge in [-0.15, -0.1) is 11.3 Å². The summed E-state index contributed by atoms with van der Waals surface area (Å²) in [5, 5.41) is 9.11. The second-order valence-corrected chi connectivity index (χ2v) is 7.24. The second kappa shape index (κ2) is 7.66. The lowest BCUT2D eigenvalue weighted by atomic mass is 9.93. The number of para-hydroxylation sites is 1. The van der Waals surface area contributed by atoms with Crippen molar-refractivity contribution in [1.82, 2.24) is 10.1 Å². The van der Waals surface area contributed by atoms with Gasteiger partial charge < -0.3 is 9.84 Å². The number of carbonyl (C=O) groups excluding carboxylic acids is 1. The number of amides is 1. The minimum atomic E-state index is 0.0434. The van der Waals surface area contributed by atoms with Gasteiger partial charge in [-0.3, -0.25) is 4.79 Å². The minimum Gasteiger partial charge on any atom is -0.339 e. The number of nitrogens with one attached hydrogen (secondary N) is 1. The normalized spacial score (nSPS) is 16.5. The van der Waals surface area contributed by atoms with Crippen LogP contribution in [0.3, 0.4) is 0 Å². The van der Waals surface area contributed by atoms with Crippen LogP contribution in [0.15, 0.2) is 58.5 Å². The molecule has 132 valence electrons. The predicted molar refractivity (Wildman–Crippen MR) is 102 cm³/mol. The molecule has 0 bridgehead atoms. The molecule has 1 N–H and O–H groups in total. The molecule has 1 aromatic carbocycles. The second-order valence-electron chi connectivity index (χ2n) is 6.29. The zero-order valence-corrected chi connectivity index (χ0v) is 15.0. The molecule has 4 rings (SSSR count). The van der Waals surface area contributed by atoms with Crippen LogP contribution in [0.25, 0.3) is 10.7 Å². The number of anilines is 1. The Kier molecular flexibility index (Phi) is 4.93. The van der Waals surface area contributed by atoms with Crippen LogP contribution in [0.2, 0.25) is 0 Å². The standard InChI is InChI=1S/C20H19N3O2S/c24-20(14-7-2-1-3-8-14)21-16-10-5-4-9-15(16)13-18-22-19(23-25-18)17-11-6-12-26-17/h1-2,4-6,9-12,14H,3,7-8,13H2,(H,21,24). The fourth-order valence-corrected chi connectivity index (χ4v) is 3.71. The molecule has 1 aliphatic carbocycles. The molecule has 2 aromatic heterocycles. The number of carbonyl (C=O) groups is 1. The van der Waals surface area contributed by atoms with E-state index in [-0.39, 0.29) is 11.8 Å². The smallest absolute Gasteiger partial charge is 0.231 e. The lowest BCUT2D eigenvalue weighted by Gasteiger charge is -2.18. The van der Waals surface area contributed by atoms with E-state index in [2.05, 4.69) is 27.6 Å². The van der Waals surface area contributed by atoms with Gasteiger partial charge in [0.05, 0.1) is 11.3 Å². The summed E-state index contributed by atoms with van der Waals surface area (Å²) < 4.78 is 5.39. The van der Waals surface area contributed by atoms with Gasteiger partial charge in [-0.2, -0.15) is 4.98 Å². The molecule has 0 fully saturated rings. The topological polar surface area (TPSA) is 68.0 Å². The molecule has 6 heteroatoms. The highest BCUT2D eigenvalue weighted by Crippen LogP contribution is 2.25. The Balaban J connectivity index is 1.49. The first-order valence-electron chi connectivity index (χ1n) is 8.70. The van der Waals surface area contributed by atoms with Gasteiger partial charge in [0.25, 0.3) is 0 Å². The van der Waals surface area contributed by atoms with Gasteiger partial charge in [-0.05, 0) is 42.3 Å². The molecule has 0 saturated carbocycles. The van der Waals surface area contributed by atoms with Crippen LogP contribution in [-0.2, 0) is 11.2 Å². The number of benzene rings is 1. The molecule has 1 atom stereocenters. The first kappa shape index (κ1) is 16.7. The van der Waals surface area contributed by atoms with Crippen molar-refractivity contribution < 1.29 is 9.32 Å². The molecule has 5 nitrogen and oxygen atoms in total. The summed E-state index contributed by atoms with van der Waals surface area (Å²) >= 11 is 1.58. The Hall–Kier alpha value is -2.73. The van der Waals surface area contributed by atoms with Gasteiger partial charge in [-0.25, -0.2) is 0 Å². The third-order valence-corrected chi connectivity index (χ3v) is 5.33. The fourth-order valence-electron chi connectivity index (χ4n) is 3.06. The average Bonchev–Trinajstić information content (AvgIpc) is 3.36. The van der Waals surface area contributed by atoms with Crippen molar-refractivity contribution in [1.29, 1.82) is 0 Å². The Morgan fingerprint density at radius 3 is 2.96 bits per heavy atom. The maximum absolute atomic E-state index is 12.5. The zero-order chi connectivity index (χ0) is 17.8. The molecular formula is C20H19N3O2S. The Morgan fingerprint density at radius 1 is 1.23 bits per heavy atom. The molecule has 26 heavy (non-hydrogen) atoms. The van der Waals surface area contributed by atoms with E-state index in [0.29, 0.717) is 18.1 Å².